The summed E-state index contributed by atoms with van der Waals surface area (Å²) in [6, 6.07) is 10.4. The van der Waals surface area contributed by atoms with Crippen LogP contribution in [0.25, 0.3) is 16.2 Å². The van der Waals surface area contributed by atoms with Gasteiger partial charge in [-0.05, 0) is 39.2 Å². The number of aliphatic hydroxyl groups excluding tert-OH is 1. The minimum Gasteiger partial charge on any atom is -0.389 e. The fourth-order valence-corrected chi connectivity index (χ4v) is 8.43. The Morgan fingerprint density at radius 1 is 1.19 bits per heavy atom. The van der Waals surface area contributed by atoms with Crippen LogP contribution in [0.4, 0.5) is 16.1 Å². The Hall–Kier alpha value is -3.57. The lowest BCUT2D eigenvalue weighted by Crippen LogP contribution is -2.58. The molecule has 0 saturated carbocycles. The molecule has 3 aliphatic rings. The van der Waals surface area contributed by atoms with E-state index in [0.29, 0.717) is 30.2 Å². The number of imidazole rings is 1. The van der Waals surface area contributed by atoms with Gasteiger partial charge >= 0.3 is 0 Å². The predicted octanol–water partition coefficient (Wildman–Crippen LogP) is 3.67. The van der Waals surface area contributed by atoms with Crippen LogP contribution < -0.4 is 9.80 Å². The number of thiazole rings is 1. The molecule has 3 aliphatic heterocycles. The summed E-state index contributed by atoms with van der Waals surface area (Å²) in [5.41, 5.74) is 3.69. The van der Waals surface area contributed by atoms with Crippen molar-refractivity contribution in [2.45, 2.75) is 51.2 Å². The molecule has 3 fully saturated rings. The Bertz CT molecular complexity index is 1720. The molecule has 1 N–H and O–H groups in total. The molecule has 1 atom stereocenters. The number of amides is 1. The van der Waals surface area contributed by atoms with Crippen molar-refractivity contribution in [3.05, 3.63) is 40.4 Å². The summed E-state index contributed by atoms with van der Waals surface area (Å²) in [5.74, 6) is 0.984. The smallest absolute Gasteiger partial charge is 0.236 e. The van der Waals surface area contributed by atoms with Crippen LogP contribution in [0.5, 0.6) is 0 Å². The highest BCUT2D eigenvalue weighted by Crippen LogP contribution is 2.42. The van der Waals surface area contributed by atoms with Crippen molar-refractivity contribution < 1.29 is 9.90 Å². The number of nitriles is 1. The standard InChI is InChI=1S/C30H35N9O2S2/c1-4-22-26(35(3)27-33-25(23(14-31)42-27)20-8-6-19(2)7-9-20)39-28(32-22)43-29(34-39)36-13-11-30(18-36)10-5-12-38(30)17-24(41)37-15-21(40)16-37/h6-9,21,40H,4-5,10-13,15-18H2,1-3H3. The fourth-order valence-electron chi connectivity index (χ4n) is 6.64. The van der Waals surface area contributed by atoms with Gasteiger partial charge in [0.15, 0.2) is 10.9 Å². The van der Waals surface area contributed by atoms with Crippen molar-refractivity contribution in [3.8, 4) is 17.3 Å². The van der Waals surface area contributed by atoms with Crippen LogP contribution in [0.2, 0.25) is 0 Å². The van der Waals surface area contributed by atoms with E-state index in [9.17, 15) is 15.2 Å². The van der Waals surface area contributed by atoms with Crippen molar-refractivity contribution in [1.29, 1.82) is 5.26 Å². The van der Waals surface area contributed by atoms with Crippen LogP contribution in [0.3, 0.4) is 0 Å². The van der Waals surface area contributed by atoms with Gasteiger partial charge in [-0.25, -0.2) is 9.97 Å². The summed E-state index contributed by atoms with van der Waals surface area (Å²) >= 11 is 2.97. The highest BCUT2D eigenvalue weighted by atomic mass is 32.1. The molecule has 11 nitrogen and oxygen atoms in total. The molecule has 1 unspecified atom stereocenters. The number of benzene rings is 1. The maximum absolute atomic E-state index is 12.8. The molecule has 7 rings (SSSR count). The zero-order chi connectivity index (χ0) is 29.9. The third-order valence-electron chi connectivity index (χ3n) is 9.11. The number of nitrogens with zero attached hydrogens (tertiary/aromatic N) is 9. The van der Waals surface area contributed by atoms with E-state index in [0.717, 1.165) is 83.2 Å². The van der Waals surface area contributed by atoms with Gasteiger partial charge in [-0.2, -0.15) is 9.78 Å². The quantitative estimate of drug-likeness (QED) is 0.332. The second-order valence-corrected chi connectivity index (χ2v) is 13.8. The van der Waals surface area contributed by atoms with Gasteiger partial charge in [0.25, 0.3) is 0 Å². The van der Waals surface area contributed by atoms with Crippen LogP contribution in [0.15, 0.2) is 24.3 Å². The average molecular weight is 618 g/mol. The third-order valence-corrected chi connectivity index (χ3v) is 11.1. The number of aromatic nitrogens is 4. The summed E-state index contributed by atoms with van der Waals surface area (Å²) in [7, 11) is 1.97. The summed E-state index contributed by atoms with van der Waals surface area (Å²) in [6.45, 7) is 8.10. The molecular weight excluding hydrogens is 583 g/mol. The summed E-state index contributed by atoms with van der Waals surface area (Å²) in [5, 5.41) is 26.2. The Morgan fingerprint density at radius 3 is 2.70 bits per heavy atom. The third kappa shape index (κ3) is 4.86. The van der Waals surface area contributed by atoms with Crippen LogP contribution in [-0.4, -0.2) is 98.4 Å². The number of likely N-dealkylation sites (tertiary alicyclic amines) is 2. The summed E-state index contributed by atoms with van der Waals surface area (Å²) < 4.78 is 1.92. The summed E-state index contributed by atoms with van der Waals surface area (Å²) in [4.78, 5) is 32.6. The van der Waals surface area contributed by atoms with Gasteiger partial charge in [0.05, 0.1) is 18.3 Å². The molecule has 224 valence electrons. The first kappa shape index (κ1) is 28.2. The number of aliphatic hydroxyl groups is 1. The summed E-state index contributed by atoms with van der Waals surface area (Å²) in [6.07, 6.45) is 3.53. The molecule has 0 bridgehead atoms. The van der Waals surface area contributed by atoms with Gasteiger partial charge < -0.3 is 19.8 Å². The Morgan fingerprint density at radius 2 is 1.98 bits per heavy atom. The largest absolute Gasteiger partial charge is 0.389 e. The van der Waals surface area contributed by atoms with Gasteiger partial charge in [-0.15, -0.1) is 5.10 Å². The average Bonchev–Trinajstić information content (AvgIpc) is 3.80. The number of fused-ring (bicyclic) bond motifs is 1. The number of hydrogen-bond acceptors (Lipinski definition) is 11. The van der Waals surface area contributed by atoms with Crippen molar-refractivity contribution in [1.82, 2.24) is 29.4 Å². The van der Waals surface area contributed by atoms with Crippen LogP contribution in [-0.2, 0) is 11.2 Å². The first-order valence-electron chi connectivity index (χ1n) is 14.8. The highest BCUT2D eigenvalue weighted by molar-refractivity contribution is 7.20. The van der Waals surface area contributed by atoms with Crippen LogP contribution in [0, 0.1) is 18.3 Å². The van der Waals surface area contributed by atoms with E-state index in [1.165, 1.54) is 11.3 Å². The van der Waals surface area contributed by atoms with E-state index >= 15 is 0 Å². The molecule has 1 amide bonds. The van der Waals surface area contributed by atoms with E-state index in [1.54, 1.807) is 16.2 Å². The molecule has 3 saturated heterocycles. The van der Waals surface area contributed by atoms with E-state index in [4.69, 9.17) is 15.1 Å². The van der Waals surface area contributed by atoms with Gasteiger partial charge in [0.2, 0.25) is 16.0 Å². The van der Waals surface area contributed by atoms with E-state index in [2.05, 4.69) is 22.8 Å². The first-order chi connectivity index (χ1) is 20.8. The second kappa shape index (κ2) is 10.9. The minimum atomic E-state index is -0.376. The van der Waals surface area contributed by atoms with E-state index in [1.807, 2.05) is 47.7 Å². The van der Waals surface area contributed by atoms with Gasteiger partial charge in [-0.1, -0.05) is 59.4 Å². The SMILES string of the molecule is CCc1nc2sc(N3CCC4(CCCN4CC(=O)N4CC(O)C4)C3)nn2c1N(C)c1nc(-c2ccc(C)cc2)c(C#N)s1. The number of β-amino-alcohol motifs (C(OH)–C–C–N with tert-alkyl or cyclic N) is 1. The second-order valence-electron chi connectivity index (χ2n) is 11.9. The molecule has 0 radical (unpaired) electrons. The molecule has 1 aromatic carbocycles. The fraction of sp³-hybridized carbons (Fsp3) is 0.500. The lowest BCUT2D eigenvalue weighted by atomic mass is 9.95. The number of carbonyl (C=O) groups excluding carboxylic acids is 1. The van der Waals surface area contributed by atoms with Crippen LogP contribution in [0.1, 0.15) is 42.3 Å². The van der Waals surface area contributed by atoms with E-state index in [-0.39, 0.29) is 17.6 Å². The van der Waals surface area contributed by atoms with Crippen molar-refractivity contribution >= 4 is 49.6 Å². The lowest BCUT2D eigenvalue weighted by Gasteiger charge is -2.40. The Balaban J connectivity index is 1.14. The molecule has 0 aliphatic carbocycles. The predicted molar refractivity (Wildman–Crippen MR) is 168 cm³/mol. The van der Waals surface area contributed by atoms with Gasteiger partial charge in [0, 0.05) is 44.3 Å². The van der Waals surface area contributed by atoms with Crippen LogP contribution >= 0.6 is 22.7 Å². The Labute approximate surface area is 258 Å². The molecule has 6 heterocycles. The number of carbonyl (C=O) groups is 1. The van der Waals surface area contributed by atoms with Gasteiger partial charge in [0.1, 0.15) is 16.6 Å². The van der Waals surface area contributed by atoms with Crippen molar-refractivity contribution in [2.24, 2.45) is 0 Å². The van der Waals surface area contributed by atoms with E-state index < -0.39 is 0 Å². The van der Waals surface area contributed by atoms with Crippen molar-refractivity contribution in [3.63, 3.8) is 0 Å². The highest BCUT2D eigenvalue weighted by Gasteiger charge is 2.48. The maximum atomic E-state index is 12.8. The van der Waals surface area contributed by atoms with Gasteiger partial charge in [-0.3, -0.25) is 9.69 Å². The van der Waals surface area contributed by atoms with Crippen molar-refractivity contribution in [2.75, 3.05) is 56.1 Å². The number of anilines is 3. The molecule has 1 spiro atoms. The molecule has 13 heteroatoms. The molecule has 3 aromatic heterocycles. The topological polar surface area (TPSA) is 117 Å². The minimum absolute atomic E-state index is 0.0257. The number of rotatable bonds is 7. The number of aryl methyl sites for hydroxylation is 2. The molecular formula is C30H35N9O2S2. The zero-order valence-electron chi connectivity index (χ0n) is 24.7. The molecule has 43 heavy (non-hydrogen) atoms. The first-order valence-corrected chi connectivity index (χ1v) is 16.5. The lowest BCUT2D eigenvalue weighted by molar-refractivity contribution is -0.143. The maximum Gasteiger partial charge on any atom is 0.236 e. The normalized spacial score (nSPS) is 20.8. The zero-order valence-corrected chi connectivity index (χ0v) is 26.3. The Kier molecular flexibility index (Phi) is 7.12. The monoisotopic (exact) mass is 617 g/mol. The number of hydrogen-bond donors (Lipinski definition) is 1. The molecule has 4 aromatic rings.